The van der Waals surface area contributed by atoms with Crippen LogP contribution >= 0.6 is 46.6 Å². The maximum absolute atomic E-state index is 13.3. The SMILES string of the molecule is O=C1S/C(=C/c2c(OCc3ccc(Cl)cc3)ccc3ccccc23)C(=O)N1Cc1ccc(Cl)cc1Cl. The molecule has 0 N–H and O–H groups in total. The fraction of sp³-hybridized carbons (Fsp3) is 0.0714. The summed E-state index contributed by atoms with van der Waals surface area (Å²) in [7, 11) is 0. The lowest BCUT2D eigenvalue weighted by molar-refractivity contribution is -0.123. The highest BCUT2D eigenvalue weighted by Gasteiger charge is 2.35. The van der Waals surface area contributed by atoms with Gasteiger partial charge >= 0.3 is 0 Å². The summed E-state index contributed by atoms with van der Waals surface area (Å²) in [4.78, 5) is 27.5. The fourth-order valence-corrected chi connectivity index (χ4v) is 5.29. The summed E-state index contributed by atoms with van der Waals surface area (Å²) in [5.74, 6) is 0.226. The number of benzene rings is 4. The Morgan fingerprint density at radius 2 is 1.61 bits per heavy atom. The molecule has 0 aliphatic carbocycles. The zero-order valence-corrected chi connectivity index (χ0v) is 21.8. The molecule has 4 aromatic carbocycles. The van der Waals surface area contributed by atoms with Crippen LogP contribution in [-0.2, 0) is 17.9 Å². The molecule has 36 heavy (non-hydrogen) atoms. The number of hydrogen-bond donors (Lipinski definition) is 0. The van der Waals surface area contributed by atoms with Gasteiger partial charge in [-0.3, -0.25) is 14.5 Å². The highest BCUT2D eigenvalue weighted by molar-refractivity contribution is 8.18. The Bertz CT molecular complexity index is 1520. The van der Waals surface area contributed by atoms with Crippen LogP contribution in [0.5, 0.6) is 5.75 Å². The van der Waals surface area contributed by atoms with E-state index >= 15 is 0 Å². The second-order valence-corrected chi connectivity index (χ2v) is 10.4. The molecule has 0 unspecified atom stereocenters. The van der Waals surface area contributed by atoms with Crippen molar-refractivity contribution in [1.29, 1.82) is 0 Å². The lowest BCUT2D eigenvalue weighted by atomic mass is 10.0. The third-order valence-corrected chi connectivity index (χ3v) is 7.48. The summed E-state index contributed by atoms with van der Waals surface area (Å²) < 4.78 is 6.16. The van der Waals surface area contributed by atoms with Crippen LogP contribution in [-0.4, -0.2) is 16.0 Å². The summed E-state index contributed by atoms with van der Waals surface area (Å²) in [6, 6.07) is 24.1. The first kappa shape index (κ1) is 24.7. The number of nitrogens with zero attached hydrogens (tertiary/aromatic N) is 1. The number of carbonyl (C=O) groups excluding carboxylic acids is 2. The van der Waals surface area contributed by atoms with E-state index in [-0.39, 0.29) is 17.7 Å². The van der Waals surface area contributed by atoms with Crippen molar-refractivity contribution in [3.05, 3.63) is 116 Å². The number of amides is 2. The first-order valence-corrected chi connectivity index (χ1v) is 12.9. The van der Waals surface area contributed by atoms with Gasteiger partial charge in [-0.2, -0.15) is 0 Å². The van der Waals surface area contributed by atoms with Crippen LogP contribution in [0.3, 0.4) is 0 Å². The Morgan fingerprint density at radius 3 is 2.39 bits per heavy atom. The van der Waals surface area contributed by atoms with Gasteiger partial charge in [0.1, 0.15) is 12.4 Å². The van der Waals surface area contributed by atoms with Gasteiger partial charge in [0.05, 0.1) is 11.4 Å². The van der Waals surface area contributed by atoms with E-state index in [2.05, 4.69) is 0 Å². The molecule has 180 valence electrons. The molecule has 8 heteroatoms. The van der Waals surface area contributed by atoms with Gasteiger partial charge in [0.2, 0.25) is 0 Å². The van der Waals surface area contributed by atoms with Gasteiger partial charge in [0.25, 0.3) is 11.1 Å². The molecule has 2 amide bonds. The van der Waals surface area contributed by atoms with Crippen molar-refractivity contribution in [2.75, 3.05) is 0 Å². The first-order chi connectivity index (χ1) is 17.4. The number of rotatable bonds is 6. The van der Waals surface area contributed by atoms with E-state index in [0.717, 1.165) is 33.7 Å². The summed E-state index contributed by atoms with van der Waals surface area (Å²) in [6.07, 6.45) is 1.73. The zero-order chi connectivity index (χ0) is 25.2. The van der Waals surface area contributed by atoms with E-state index in [0.29, 0.717) is 37.9 Å². The van der Waals surface area contributed by atoms with E-state index in [1.807, 2.05) is 60.7 Å². The lowest BCUT2D eigenvalue weighted by Crippen LogP contribution is -2.27. The van der Waals surface area contributed by atoms with Crippen LogP contribution in [0, 0.1) is 0 Å². The fourth-order valence-electron chi connectivity index (χ4n) is 3.88. The largest absolute Gasteiger partial charge is 0.488 e. The molecule has 4 nitrogen and oxygen atoms in total. The standard InChI is InChI=1S/C28H18Cl3NO3S/c29-20-9-5-17(6-10-20)16-35-25-12-8-18-3-1-2-4-22(18)23(25)14-26-27(33)32(28(34)36-26)15-19-7-11-21(30)13-24(19)31/h1-14H,15-16H2/b26-14+. The van der Waals surface area contributed by atoms with E-state index in [1.54, 1.807) is 24.3 Å². The predicted molar refractivity (Wildman–Crippen MR) is 148 cm³/mol. The monoisotopic (exact) mass is 553 g/mol. The van der Waals surface area contributed by atoms with Crippen LogP contribution in [0.2, 0.25) is 15.1 Å². The van der Waals surface area contributed by atoms with Gasteiger partial charge in [0, 0.05) is 20.6 Å². The minimum atomic E-state index is -0.382. The van der Waals surface area contributed by atoms with Gasteiger partial charge < -0.3 is 4.74 Å². The Kier molecular flexibility index (Phi) is 7.26. The number of ether oxygens (including phenoxy) is 1. The van der Waals surface area contributed by atoms with Crippen molar-refractivity contribution in [1.82, 2.24) is 4.90 Å². The lowest BCUT2D eigenvalue weighted by Gasteiger charge is -2.14. The number of halogens is 3. The first-order valence-electron chi connectivity index (χ1n) is 11.0. The number of fused-ring (bicyclic) bond motifs is 1. The van der Waals surface area contributed by atoms with Gasteiger partial charge in [-0.15, -0.1) is 0 Å². The van der Waals surface area contributed by atoms with E-state index < -0.39 is 0 Å². The average Bonchev–Trinajstić information content (AvgIpc) is 3.13. The topological polar surface area (TPSA) is 46.6 Å². The van der Waals surface area contributed by atoms with Crippen LogP contribution in [0.4, 0.5) is 4.79 Å². The Labute approximate surface area is 227 Å². The van der Waals surface area contributed by atoms with Gasteiger partial charge in [0.15, 0.2) is 0 Å². The summed E-state index contributed by atoms with van der Waals surface area (Å²) >= 11 is 19.1. The van der Waals surface area contributed by atoms with E-state index in [9.17, 15) is 9.59 Å². The normalized spacial score (nSPS) is 14.8. The molecule has 5 rings (SSSR count). The quantitative estimate of drug-likeness (QED) is 0.224. The van der Waals surface area contributed by atoms with Crippen LogP contribution in [0.15, 0.2) is 83.8 Å². The van der Waals surface area contributed by atoms with Crippen molar-refractivity contribution in [2.45, 2.75) is 13.2 Å². The molecule has 0 spiro atoms. The maximum atomic E-state index is 13.3. The summed E-state index contributed by atoms with van der Waals surface area (Å²) in [6.45, 7) is 0.389. The van der Waals surface area contributed by atoms with Crippen molar-refractivity contribution < 1.29 is 14.3 Å². The van der Waals surface area contributed by atoms with Crippen LogP contribution in [0.25, 0.3) is 16.8 Å². The molecule has 0 atom stereocenters. The minimum Gasteiger partial charge on any atom is -0.488 e. The zero-order valence-electron chi connectivity index (χ0n) is 18.7. The average molecular weight is 555 g/mol. The molecule has 1 heterocycles. The molecule has 1 aliphatic heterocycles. The summed E-state index contributed by atoms with van der Waals surface area (Å²) in [5.41, 5.74) is 2.33. The number of hydrogen-bond acceptors (Lipinski definition) is 4. The smallest absolute Gasteiger partial charge is 0.293 e. The molecule has 4 aromatic rings. The van der Waals surface area contributed by atoms with Gasteiger partial charge in [-0.25, -0.2) is 0 Å². The molecule has 0 bridgehead atoms. The number of carbonyl (C=O) groups is 2. The van der Waals surface area contributed by atoms with Crippen LogP contribution < -0.4 is 4.74 Å². The van der Waals surface area contributed by atoms with Crippen LogP contribution in [0.1, 0.15) is 16.7 Å². The van der Waals surface area contributed by atoms with Crippen molar-refractivity contribution in [2.24, 2.45) is 0 Å². The molecule has 0 aromatic heterocycles. The molecular formula is C28H18Cl3NO3S. The summed E-state index contributed by atoms with van der Waals surface area (Å²) in [5, 5.41) is 3.09. The second kappa shape index (κ2) is 10.6. The number of imide groups is 1. The second-order valence-electron chi connectivity index (χ2n) is 8.12. The third-order valence-electron chi connectivity index (χ3n) is 5.73. The van der Waals surface area contributed by atoms with Crippen molar-refractivity contribution >= 4 is 74.6 Å². The minimum absolute atomic E-state index is 0.0630. The highest BCUT2D eigenvalue weighted by atomic mass is 35.5. The Morgan fingerprint density at radius 1 is 0.861 bits per heavy atom. The van der Waals surface area contributed by atoms with E-state index in [1.165, 1.54) is 4.90 Å². The predicted octanol–water partition coefficient (Wildman–Crippen LogP) is 8.62. The molecule has 1 saturated heterocycles. The van der Waals surface area contributed by atoms with E-state index in [4.69, 9.17) is 39.5 Å². The molecular weight excluding hydrogens is 537 g/mol. The van der Waals surface area contributed by atoms with Gasteiger partial charge in [-0.05, 0) is 70.1 Å². The number of thioether (sulfide) groups is 1. The third kappa shape index (κ3) is 5.25. The highest BCUT2D eigenvalue weighted by Crippen LogP contribution is 2.38. The van der Waals surface area contributed by atoms with Crippen molar-refractivity contribution in [3.8, 4) is 5.75 Å². The molecule has 0 radical (unpaired) electrons. The molecule has 1 fully saturated rings. The Hall–Kier alpha value is -2.96. The Balaban J connectivity index is 1.47. The van der Waals surface area contributed by atoms with Gasteiger partial charge in [-0.1, -0.05) is 83.3 Å². The van der Waals surface area contributed by atoms with Crippen molar-refractivity contribution in [3.63, 3.8) is 0 Å². The molecule has 1 aliphatic rings. The maximum Gasteiger partial charge on any atom is 0.293 e. The molecule has 0 saturated carbocycles.